The van der Waals surface area contributed by atoms with Gasteiger partial charge in [-0.3, -0.25) is 0 Å². The van der Waals surface area contributed by atoms with Crippen LogP contribution in [0, 0.1) is 0 Å². The molecule has 0 aliphatic carbocycles. The van der Waals surface area contributed by atoms with E-state index in [1.807, 2.05) is 6.07 Å². The van der Waals surface area contributed by atoms with Gasteiger partial charge in [0.1, 0.15) is 0 Å². The highest BCUT2D eigenvalue weighted by Crippen LogP contribution is 2.17. The zero-order valence-electron chi connectivity index (χ0n) is 8.51. The van der Waals surface area contributed by atoms with Crippen LogP contribution in [0.1, 0.15) is 12.5 Å². The minimum Gasteiger partial charge on any atom is -0.313 e. The molecule has 0 aromatic heterocycles. The fourth-order valence-electron chi connectivity index (χ4n) is 1.22. The topological polar surface area (TPSA) is 37.9 Å². The number of halogens is 1. The van der Waals surface area contributed by atoms with Crippen LogP contribution < -0.4 is 10.8 Å². The van der Waals surface area contributed by atoms with E-state index in [-0.39, 0.29) is 0 Å². The van der Waals surface area contributed by atoms with Crippen LogP contribution in [-0.2, 0) is 11.4 Å². The van der Waals surface area contributed by atoms with Crippen molar-refractivity contribution in [3.05, 3.63) is 28.2 Å². The molecule has 0 saturated carbocycles. The smallest absolute Gasteiger partial charge is 0.167 e. The first-order valence-corrected chi connectivity index (χ1v) is 5.42. The molecular formula is C10H16BrN2O+. The molecule has 0 radical (unpaired) electrons. The van der Waals surface area contributed by atoms with Crippen LogP contribution in [0.2, 0.25) is 0 Å². The third-order valence-electron chi connectivity index (χ3n) is 1.92. The van der Waals surface area contributed by atoms with Crippen molar-refractivity contribution >= 4 is 21.6 Å². The molecule has 0 fully saturated rings. The number of hydrogen-bond donors (Lipinski definition) is 2. The van der Waals surface area contributed by atoms with Crippen molar-refractivity contribution in [3.63, 3.8) is 0 Å². The van der Waals surface area contributed by atoms with Crippen LogP contribution in [0.4, 0.5) is 5.69 Å². The molecule has 14 heavy (non-hydrogen) atoms. The molecule has 1 aromatic rings. The summed E-state index contributed by atoms with van der Waals surface area (Å²) >= 11 is 3.44. The lowest BCUT2D eigenvalue weighted by atomic mass is 10.2. The fourth-order valence-corrected chi connectivity index (χ4v) is 1.60. The summed E-state index contributed by atoms with van der Waals surface area (Å²) in [5.74, 6) is 0. The zero-order chi connectivity index (χ0) is 10.4. The standard InChI is InChI=1S/C10H15BrN2O/c1-3-12-7-8-4-5-9(11)6-10(8)13-14-2/h4-6,12-13H,3,7H2,1-2H3/p+1. The van der Waals surface area contributed by atoms with Gasteiger partial charge in [0.05, 0.1) is 7.11 Å². The first-order valence-electron chi connectivity index (χ1n) is 4.63. The van der Waals surface area contributed by atoms with Gasteiger partial charge in [0.2, 0.25) is 0 Å². The van der Waals surface area contributed by atoms with Gasteiger partial charge in [0, 0.05) is 22.6 Å². The number of nitrogens with one attached hydrogen (secondary N) is 1. The Morgan fingerprint density at radius 1 is 1.50 bits per heavy atom. The molecule has 0 aliphatic heterocycles. The van der Waals surface area contributed by atoms with E-state index < -0.39 is 0 Å². The number of benzene rings is 1. The highest BCUT2D eigenvalue weighted by molar-refractivity contribution is 9.10. The summed E-state index contributed by atoms with van der Waals surface area (Å²) < 4.78 is 1.07. The van der Waals surface area contributed by atoms with Gasteiger partial charge < -0.3 is 5.32 Å². The van der Waals surface area contributed by atoms with E-state index in [9.17, 15) is 0 Å². The molecule has 78 valence electrons. The SMILES string of the molecule is CCNCc1ccc(Br)cc1[NH2+]OC. The molecule has 4 heteroatoms. The normalized spacial score (nSPS) is 10.5. The molecule has 0 amide bonds. The van der Waals surface area contributed by atoms with Gasteiger partial charge in [-0.2, -0.15) is 5.48 Å². The molecule has 1 rings (SSSR count). The average molecular weight is 260 g/mol. The molecule has 0 bridgehead atoms. The Bertz CT molecular complexity index is 291. The molecule has 0 aliphatic rings. The lowest BCUT2D eigenvalue weighted by Gasteiger charge is -2.06. The summed E-state index contributed by atoms with van der Waals surface area (Å²) in [7, 11) is 1.66. The van der Waals surface area contributed by atoms with E-state index in [1.165, 1.54) is 5.56 Å². The van der Waals surface area contributed by atoms with Crippen LogP contribution in [0.15, 0.2) is 22.7 Å². The van der Waals surface area contributed by atoms with Gasteiger partial charge >= 0.3 is 0 Å². The summed E-state index contributed by atoms with van der Waals surface area (Å²) in [6, 6.07) is 6.19. The molecule has 0 atom stereocenters. The molecule has 0 spiro atoms. The summed E-state index contributed by atoms with van der Waals surface area (Å²) in [5, 5.41) is 3.29. The van der Waals surface area contributed by atoms with Gasteiger partial charge in [0.15, 0.2) is 5.69 Å². The van der Waals surface area contributed by atoms with E-state index in [4.69, 9.17) is 4.84 Å². The van der Waals surface area contributed by atoms with Crippen molar-refractivity contribution in [2.75, 3.05) is 13.7 Å². The van der Waals surface area contributed by atoms with Crippen LogP contribution >= 0.6 is 15.9 Å². The summed E-state index contributed by atoms with van der Waals surface area (Å²) in [6.45, 7) is 3.94. The fraction of sp³-hybridized carbons (Fsp3) is 0.400. The van der Waals surface area contributed by atoms with Crippen LogP contribution in [0.3, 0.4) is 0 Å². The number of quaternary nitrogens is 1. The Morgan fingerprint density at radius 3 is 2.93 bits per heavy atom. The number of hydrogen-bond acceptors (Lipinski definition) is 2. The zero-order valence-corrected chi connectivity index (χ0v) is 10.1. The van der Waals surface area contributed by atoms with Gasteiger partial charge in [-0.05, 0) is 12.6 Å². The number of nitrogens with two attached hydrogens (primary N) is 1. The highest BCUT2D eigenvalue weighted by Gasteiger charge is 2.06. The lowest BCUT2D eigenvalue weighted by Crippen LogP contribution is -2.76. The Kier molecular flexibility index (Phi) is 5.11. The summed E-state index contributed by atoms with van der Waals surface area (Å²) in [6.07, 6.45) is 0. The maximum atomic E-state index is 5.03. The summed E-state index contributed by atoms with van der Waals surface area (Å²) in [5.41, 5.74) is 4.12. The van der Waals surface area contributed by atoms with E-state index in [1.54, 1.807) is 12.6 Å². The van der Waals surface area contributed by atoms with Crippen molar-refractivity contribution in [1.29, 1.82) is 0 Å². The third-order valence-corrected chi connectivity index (χ3v) is 2.41. The molecule has 0 heterocycles. The predicted molar refractivity (Wildman–Crippen MR) is 60.1 cm³/mol. The Balaban J connectivity index is 2.78. The average Bonchev–Trinajstić information content (AvgIpc) is 2.17. The number of rotatable bonds is 5. The second-order valence-electron chi connectivity index (χ2n) is 2.98. The predicted octanol–water partition coefficient (Wildman–Crippen LogP) is 1.31. The first-order chi connectivity index (χ1) is 6.77. The van der Waals surface area contributed by atoms with Crippen LogP contribution in [-0.4, -0.2) is 13.7 Å². The third kappa shape index (κ3) is 3.38. The largest absolute Gasteiger partial charge is 0.313 e. The van der Waals surface area contributed by atoms with E-state index in [0.29, 0.717) is 0 Å². The Morgan fingerprint density at radius 2 is 2.29 bits per heavy atom. The Hall–Kier alpha value is -0.420. The minimum atomic E-state index is 0.874. The monoisotopic (exact) mass is 259 g/mol. The molecule has 3 N–H and O–H groups in total. The second kappa shape index (κ2) is 6.14. The molecule has 1 aromatic carbocycles. The van der Waals surface area contributed by atoms with E-state index in [2.05, 4.69) is 40.3 Å². The van der Waals surface area contributed by atoms with Crippen molar-refractivity contribution in [2.45, 2.75) is 13.5 Å². The minimum absolute atomic E-state index is 0.874. The summed E-state index contributed by atoms with van der Waals surface area (Å²) in [4.78, 5) is 5.03. The van der Waals surface area contributed by atoms with Crippen molar-refractivity contribution in [1.82, 2.24) is 5.32 Å². The van der Waals surface area contributed by atoms with Crippen LogP contribution in [0.25, 0.3) is 0 Å². The van der Waals surface area contributed by atoms with Gasteiger partial charge in [-0.25, -0.2) is 4.84 Å². The van der Waals surface area contributed by atoms with Crippen LogP contribution in [0.5, 0.6) is 0 Å². The van der Waals surface area contributed by atoms with Crippen molar-refractivity contribution < 1.29 is 10.3 Å². The molecule has 0 saturated heterocycles. The first kappa shape index (κ1) is 11.7. The quantitative estimate of drug-likeness (QED) is 0.619. The lowest BCUT2D eigenvalue weighted by molar-refractivity contribution is -0.830. The van der Waals surface area contributed by atoms with E-state index in [0.717, 1.165) is 23.2 Å². The molecule has 3 nitrogen and oxygen atoms in total. The van der Waals surface area contributed by atoms with E-state index >= 15 is 0 Å². The van der Waals surface area contributed by atoms with Gasteiger partial charge in [-0.15, -0.1) is 0 Å². The highest BCUT2D eigenvalue weighted by atomic mass is 79.9. The van der Waals surface area contributed by atoms with Gasteiger partial charge in [-0.1, -0.05) is 28.9 Å². The molecular weight excluding hydrogens is 244 g/mol. The Labute approximate surface area is 92.9 Å². The van der Waals surface area contributed by atoms with Crippen molar-refractivity contribution in [2.24, 2.45) is 0 Å². The molecule has 0 unspecified atom stereocenters. The maximum Gasteiger partial charge on any atom is 0.167 e. The second-order valence-corrected chi connectivity index (χ2v) is 3.89. The van der Waals surface area contributed by atoms with Gasteiger partial charge in [0.25, 0.3) is 0 Å². The van der Waals surface area contributed by atoms with Crippen molar-refractivity contribution in [3.8, 4) is 0 Å². The maximum absolute atomic E-state index is 5.03.